The molecule has 0 spiro atoms. The Morgan fingerprint density at radius 3 is 2.28 bits per heavy atom. The smallest absolute Gasteiger partial charge is 0.0478 e. The number of hydrogen-bond donors (Lipinski definition) is 1. The number of aryl methyl sites for hydroxylation is 2. The molecule has 2 nitrogen and oxygen atoms in total. The minimum atomic E-state index is 0.119. The van der Waals surface area contributed by atoms with Crippen molar-refractivity contribution in [3.63, 3.8) is 0 Å². The number of rotatable bonds is 6. The summed E-state index contributed by atoms with van der Waals surface area (Å²) in [4.78, 5) is 4.15. The van der Waals surface area contributed by atoms with E-state index in [0.29, 0.717) is 0 Å². The molecule has 0 unspecified atom stereocenters. The van der Waals surface area contributed by atoms with Crippen LogP contribution in [0.25, 0.3) is 5.70 Å². The topological polar surface area (TPSA) is 24.4 Å². The summed E-state index contributed by atoms with van der Waals surface area (Å²) >= 11 is 0. The molecule has 2 rings (SSSR count). The van der Waals surface area contributed by atoms with Crippen molar-refractivity contribution in [2.24, 2.45) is 4.99 Å². The van der Waals surface area contributed by atoms with E-state index in [-0.39, 0.29) is 5.41 Å². The summed E-state index contributed by atoms with van der Waals surface area (Å²) in [5.74, 6) is 0. The van der Waals surface area contributed by atoms with Crippen LogP contribution in [0.1, 0.15) is 49.4 Å². The van der Waals surface area contributed by atoms with Gasteiger partial charge in [-0.2, -0.15) is 0 Å². The first kappa shape index (κ1) is 19.0. The average molecular weight is 335 g/mol. The van der Waals surface area contributed by atoms with Gasteiger partial charge in [0.05, 0.1) is 0 Å². The maximum Gasteiger partial charge on any atom is 0.0478 e. The van der Waals surface area contributed by atoms with Crippen molar-refractivity contribution in [2.75, 3.05) is 12.4 Å². The van der Waals surface area contributed by atoms with Crippen molar-refractivity contribution in [1.82, 2.24) is 0 Å². The van der Waals surface area contributed by atoms with Crippen LogP contribution in [0.2, 0.25) is 0 Å². The average Bonchev–Trinajstić information content (AvgIpc) is 2.59. The summed E-state index contributed by atoms with van der Waals surface area (Å²) < 4.78 is 0. The van der Waals surface area contributed by atoms with Gasteiger partial charge in [0.2, 0.25) is 0 Å². The summed E-state index contributed by atoms with van der Waals surface area (Å²) in [5.41, 5.74) is 7.46. The van der Waals surface area contributed by atoms with Crippen LogP contribution in [-0.4, -0.2) is 13.3 Å². The van der Waals surface area contributed by atoms with Crippen LogP contribution in [-0.2, 0) is 5.41 Å². The Hall–Kier alpha value is -2.35. The number of allylic oxidation sites excluding steroid dienone is 1. The van der Waals surface area contributed by atoms with Gasteiger partial charge < -0.3 is 5.32 Å². The van der Waals surface area contributed by atoms with E-state index in [2.05, 4.69) is 93.5 Å². The highest BCUT2D eigenvalue weighted by Gasteiger charge is 2.22. The molecule has 0 amide bonds. The second-order valence-electron chi connectivity index (χ2n) is 7.16. The van der Waals surface area contributed by atoms with E-state index in [1.807, 2.05) is 6.21 Å². The number of nitrogens with one attached hydrogen (secondary N) is 1. The Bertz CT molecular complexity index is 762. The molecular formula is C23H30N2. The molecule has 0 saturated carbocycles. The lowest BCUT2D eigenvalue weighted by Crippen LogP contribution is -2.18. The third kappa shape index (κ3) is 4.39. The molecule has 0 fully saturated rings. The molecule has 0 bridgehead atoms. The first-order chi connectivity index (χ1) is 11.9. The normalized spacial score (nSPS) is 12.6. The van der Waals surface area contributed by atoms with Crippen molar-refractivity contribution in [1.29, 1.82) is 0 Å². The zero-order valence-electron chi connectivity index (χ0n) is 16.4. The summed E-state index contributed by atoms with van der Waals surface area (Å²) in [6.45, 7) is 11.1. The van der Waals surface area contributed by atoms with E-state index >= 15 is 0 Å². The van der Waals surface area contributed by atoms with Crippen molar-refractivity contribution in [2.45, 2.75) is 46.5 Å². The predicted molar refractivity (Wildman–Crippen MR) is 112 cm³/mol. The quantitative estimate of drug-likeness (QED) is 0.630. The molecule has 0 aliphatic carbocycles. The molecule has 0 heterocycles. The van der Waals surface area contributed by atoms with Crippen molar-refractivity contribution in [3.05, 3.63) is 70.8 Å². The fourth-order valence-electron chi connectivity index (χ4n) is 3.09. The zero-order valence-corrected chi connectivity index (χ0v) is 16.4. The molecule has 1 N–H and O–H groups in total. The van der Waals surface area contributed by atoms with Crippen molar-refractivity contribution < 1.29 is 0 Å². The number of para-hydroxylation sites is 1. The first-order valence-electron chi connectivity index (χ1n) is 8.96. The van der Waals surface area contributed by atoms with Crippen molar-refractivity contribution >= 4 is 17.6 Å². The largest absolute Gasteiger partial charge is 0.355 e. The summed E-state index contributed by atoms with van der Waals surface area (Å²) in [7, 11) is 1.80. The van der Waals surface area contributed by atoms with Gasteiger partial charge in [-0.25, -0.2) is 0 Å². The van der Waals surface area contributed by atoms with E-state index in [9.17, 15) is 0 Å². The Morgan fingerprint density at radius 1 is 1.04 bits per heavy atom. The number of benzene rings is 2. The van der Waals surface area contributed by atoms with Crippen molar-refractivity contribution in [3.8, 4) is 0 Å². The van der Waals surface area contributed by atoms with Gasteiger partial charge in [-0.1, -0.05) is 57.2 Å². The second-order valence-corrected chi connectivity index (χ2v) is 7.16. The molecule has 25 heavy (non-hydrogen) atoms. The number of nitrogens with zero attached hydrogens (tertiary/aromatic N) is 1. The maximum absolute atomic E-state index is 4.15. The lowest BCUT2D eigenvalue weighted by atomic mass is 9.81. The molecule has 0 saturated heterocycles. The highest BCUT2D eigenvalue weighted by atomic mass is 14.9. The van der Waals surface area contributed by atoms with Crippen LogP contribution in [0.4, 0.5) is 5.69 Å². The van der Waals surface area contributed by atoms with E-state index < -0.39 is 0 Å². The highest BCUT2D eigenvalue weighted by Crippen LogP contribution is 2.34. The van der Waals surface area contributed by atoms with Gasteiger partial charge in [0.25, 0.3) is 0 Å². The maximum atomic E-state index is 4.15. The van der Waals surface area contributed by atoms with E-state index in [0.717, 1.165) is 17.8 Å². The van der Waals surface area contributed by atoms with Crippen LogP contribution >= 0.6 is 0 Å². The monoisotopic (exact) mass is 334 g/mol. The number of anilines is 1. The van der Waals surface area contributed by atoms with E-state index in [4.69, 9.17) is 0 Å². The van der Waals surface area contributed by atoms with Crippen LogP contribution in [0.3, 0.4) is 0 Å². The Morgan fingerprint density at radius 2 is 1.68 bits per heavy atom. The standard InChI is InChI=1S/C23H30N2/c1-7-23(4,5)19-13-8-9-14-20(19)25-21(15-16-24-6)22-17(2)11-10-12-18(22)3/h8-16,25H,7H2,1-6H3/b21-15-,24-16?. The Kier molecular flexibility index (Phi) is 6.19. The van der Waals surface area contributed by atoms with Gasteiger partial charge in [0, 0.05) is 30.2 Å². The molecule has 0 aromatic heterocycles. The minimum Gasteiger partial charge on any atom is -0.355 e. The summed E-state index contributed by atoms with van der Waals surface area (Å²) in [5, 5.41) is 3.69. The third-order valence-electron chi connectivity index (χ3n) is 4.95. The van der Waals surface area contributed by atoms with Gasteiger partial charge in [-0.3, -0.25) is 4.99 Å². The number of hydrogen-bond acceptors (Lipinski definition) is 2. The SMILES string of the molecule is CCC(C)(C)c1ccccc1N/C(=C\C=NC)c1c(C)cccc1C. The van der Waals surface area contributed by atoms with Gasteiger partial charge in [-0.05, 0) is 54.5 Å². The van der Waals surface area contributed by atoms with E-state index in [1.165, 1.54) is 22.3 Å². The van der Waals surface area contributed by atoms with Gasteiger partial charge in [-0.15, -0.1) is 0 Å². The minimum absolute atomic E-state index is 0.119. The van der Waals surface area contributed by atoms with Crippen LogP contribution in [0, 0.1) is 13.8 Å². The molecule has 0 aliphatic rings. The predicted octanol–water partition coefficient (Wildman–Crippen LogP) is 6.14. The van der Waals surface area contributed by atoms with Crippen LogP contribution in [0.5, 0.6) is 0 Å². The molecule has 0 atom stereocenters. The molecule has 0 aliphatic heterocycles. The third-order valence-corrected chi connectivity index (χ3v) is 4.95. The Labute approximate surface area is 152 Å². The molecule has 132 valence electrons. The molecular weight excluding hydrogens is 304 g/mol. The molecule has 2 heteroatoms. The molecule has 2 aromatic rings. The van der Waals surface area contributed by atoms with Gasteiger partial charge >= 0.3 is 0 Å². The van der Waals surface area contributed by atoms with Crippen LogP contribution < -0.4 is 5.32 Å². The number of aliphatic imine (C=N–C) groups is 1. The lowest BCUT2D eigenvalue weighted by Gasteiger charge is -2.27. The fourth-order valence-corrected chi connectivity index (χ4v) is 3.09. The Balaban J connectivity index is 2.54. The first-order valence-corrected chi connectivity index (χ1v) is 8.96. The highest BCUT2D eigenvalue weighted by molar-refractivity contribution is 5.91. The summed E-state index contributed by atoms with van der Waals surface area (Å²) in [6, 6.07) is 15.0. The van der Waals surface area contributed by atoms with E-state index in [1.54, 1.807) is 7.05 Å². The lowest BCUT2D eigenvalue weighted by molar-refractivity contribution is 0.508. The zero-order chi connectivity index (χ0) is 18.4. The van der Waals surface area contributed by atoms with Gasteiger partial charge in [0.15, 0.2) is 0 Å². The molecule has 0 radical (unpaired) electrons. The summed E-state index contributed by atoms with van der Waals surface area (Å²) in [6.07, 6.45) is 5.00. The second kappa shape index (κ2) is 8.15. The van der Waals surface area contributed by atoms with Crippen LogP contribution in [0.15, 0.2) is 53.5 Å². The van der Waals surface area contributed by atoms with Gasteiger partial charge in [0.1, 0.15) is 0 Å². The fraction of sp³-hybridized carbons (Fsp3) is 0.348. The molecule has 2 aromatic carbocycles.